The van der Waals surface area contributed by atoms with Gasteiger partial charge in [-0.05, 0) is 59.2 Å². The van der Waals surface area contributed by atoms with Crippen molar-refractivity contribution in [3.05, 3.63) is 0 Å². The number of nitrogens with zero attached hydrogens (tertiary/aromatic N) is 2. The van der Waals surface area contributed by atoms with Crippen LogP contribution in [0.4, 0.5) is 8.78 Å². The minimum atomic E-state index is -2.52. The van der Waals surface area contributed by atoms with Gasteiger partial charge in [0.05, 0.1) is 5.41 Å². The van der Waals surface area contributed by atoms with E-state index >= 15 is 0 Å². The topological polar surface area (TPSA) is 30.5 Å². The molecule has 25 heavy (non-hydrogen) atoms. The maximum atomic E-state index is 14.5. The third kappa shape index (κ3) is 3.24. The molecular formula is C19H34F2N4. The number of nitrogens with one attached hydrogen (secondary N) is 2. The second-order valence-electron chi connectivity index (χ2n) is 9.38. The molecule has 4 aliphatic rings. The van der Waals surface area contributed by atoms with Crippen molar-refractivity contribution in [3.63, 3.8) is 0 Å². The molecule has 0 saturated carbocycles. The molecule has 4 nitrogen and oxygen atoms in total. The van der Waals surface area contributed by atoms with Gasteiger partial charge in [-0.1, -0.05) is 0 Å². The van der Waals surface area contributed by atoms with Gasteiger partial charge in [0.15, 0.2) is 0 Å². The van der Waals surface area contributed by atoms with Crippen molar-refractivity contribution in [2.24, 2.45) is 5.41 Å². The van der Waals surface area contributed by atoms with Gasteiger partial charge in [0.25, 0.3) is 5.92 Å². The maximum Gasteiger partial charge on any atom is 0.257 e. The molecule has 0 aromatic carbocycles. The molecule has 0 aromatic heterocycles. The lowest BCUT2D eigenvalue weighted by molar-refractivity contribution is -0.136. The predicted octanol–water partition coefficient (Wildman–Crippen LogP) is 1.91. The Hall–Kier alpha value is -0.300. The van der Waals surface area contributed by atoms with Gasteiger partial charge >= 0.3 is 0 Å². The summed E-state index contributed by atoms with van der Waals surface area (Å²) in [4.78, 5) is 4.75. The molecular weight excluding hydrogens is 322 g/mol. The Morgan fingerprint density at radius 3 is 2.68 bits per heavy atom. The Labute approximate surface area is 150 Å². The predicted molar refractivity (Wildman–Crippen MR) is 96.1 cm³/mol. The normalized spacial score (nSPS) is 43.4. The number of hydrogen-bond acceptors (Lipinski definition) is 4. The molecule has 2 spiro atoms. The highest BCUT2D eigenvalue weighted by molar-refractivity contribution is 5.08. The first-order valence-electron chi connectivity index (χ1n) is 10.1. The first-order valence-corrected chi connectivity index (χ1v) is 10.1. The molecule has 4 atom stereocenters. The van der Waals surface area contributed by atoms with Gasteiger partial charge in [-0.2, -0.15) is 0 Å². The second kappa shape index (κ2) is 6.39. The van der Waals surface area contributed by atoms with Crippen molar-refractivity contribution in [2.75, 3.05) is 46.3 Å². The third-order valence-electron chi connectivity index (χ3n) is 7.40. The van der Waals surface area contributed by atoms with Crippen LogP contribution in [0, 0.1) is 5.41 Å². The second-order valence-corrected chi connectivity index (χ2v) is 9.38. The summed E-state index contributed by atoms with van der Waals surface area (Å²) in [6.45, 7) is 6.89. The van der Waals surface area contributed by atoms with Gasteiger partial charge in [0.2, 0.25) is 0 Å². The summed E-state index contributed by atoms with van der Waals surface area (Å²) in [6.07, 6.45) is 5.52. The summed E-state index contributed by atoms with van der Waals surface area (Å²) in [5, 5.41) is 7.05. The van der Waals surface area contributed by atoms with E-state index in [2.05, 4.69) is 34.4 Å². The number of halogens is 2. The summed E-state index contributed by atoms with van der Waals surface area (Å²) < 4.78 is 29.1. The highest BCUT2D eigenvalue weighted by atomic mass is 19.3. The fraction of sp³-hybridized carbons (Fsp3) is 1.00. The van der Waals surface area contributed by atoms with Crippen LogP contribution in [-0.2, 0) is 0 Å². The van der Waals surface area contributed by atoms with Crippen LogP contribution in [-0.4, -0.2) is 79.7 Å². The standard InChI is InChI=1S/C19H34F2N4/c1-15(10-16-11-18(23-16)4-3-8-24(2)14-18)25-9-6-17(13-25)12-22-7-5-19(17,20)21/h15-16,22-23H,3-14H2,1-2H3. The van der Waals surface area contributed by atoms with Gasteiger partial charge in [0, 0.05) is 50.2 Å². The minimum Gasteiger partial charge on any atom is -0.316 e. The summed E-state index contributed by atoms with van der Waals surface area (Å²) in [6, 6.07) is 0.941. The van der Waals surface area contributed by atoms with E-state index in [1.54, 1.807) is 0 Å². The van der Waals surface area contributed by atoms with Gasteiger partial charge in [0.1, 0.15) is 0 Å². The van der Waals surface area contributed by atoms with E-state index in [9.17, 15) is 8.78 Å². The number of rotatable bonds is 3. The van der Waals surface area contributed by atoms with Gasteiger partial charge in [-0.3, -0.25) is 4.90 Å². The summed E-state index contributed by atoms with van der Waals surface area (Å²) in [5.41, 5.74) is -0.496. The average Bonchev–Trinajstić information content (AvgIpc) is 2.95. The van der Waals surface area contributed by atoms with Crippen molar-refractivity contribution in [3.8, 4) is 0 Å². The molecule has 0 aromatic rings. The lowest BCUT2D eigenvalue weighted by Crippen LogP contribution is -2.70. The van der Waals surface area contributed by atoms with Crippen molar-refractivity contribution < 1.29 is 8.78 Å². The molecule has 4 unspecified atom stereocenters. The van der Waals surface area contributed by atoms with Crippen LogP contribution < -0.4 is 10.6 Å². The first kappa shape index (κ1) is 18.1. The van der Waals surface area contributed by atoms with E-state index in [4.69, 9.17) is 0 Å². The average molecular weight is 357 g/mol. The zero-order valence-corrected chi connectivity index (χ0v) is 15.8. The largest absolute Gasteiger partial charge is 0.316 e. The van der Waals surface area contributed by atoms with E-state index in [1.165, 1.54) is 25.8 Å². The smallest absolute Gasteiger partial charge is 0.257 e. The van der Waals surface area contributed by atoms with Gasteiger partial charge < -0.3 is 15.5 Å². The molecule has 6 heteroatoms. The van der Waals surface area contributed by atoms with E-state index in [0.717, 1.165) is 19.5 Å². The third-order valence-corrected chi connectivity index (χ3v) is 7.40. The highest BCUT2D eigenvalue weighted by Crippen LogP contribution is 2.48. The fourth-order valence-electron chi connectivity index (χ4n) is 5.92. The minimum absolute atomic E-state index is 0.00452. The van der Waals surface area contributed by atoms with Crippen LogP contribution in [0.1, 0.15) is 45.4 Å². The van der Waals surface area contributed by atoms with Crippen LogP contribution >= 0.6 is 0 Å². The lowest BCUT2D eigenvalue weighted by Gasteiger charge is -2.54. The van der Waals surface area contributed by atoms with Crippen LogP contribution in [0.3, 0.4) is 0 Å². The fourth-order valence-corrected chi connectivity index (χ4v) is 5.92. The van der Waals surface area contributed by atoms with Crippen LogP contribution in [0.5, 0.6) is 0 Å². The Kier molecular flexibility index (Phi) is 4.63. The number of piperidine rings is 2. The Balaban J connectivity index is 1.29. The van der Waals surface area contributed by atoms with E-state index in [1.807, 2.05) is 0 Å². The van der Waals surface area contributed by atoms with Crippen LogP contribution in [0.25, 0.3) is 0 Å². The van der Waals surface area contributed by atoms with Crippen molar-refractivity contribution in [2.45, 2.75) is 69.0 Å². The maximum absolute atomic E-state index is 14.5. The molecule has 0 bridgehead atoms. The molecule has 4 aliphatic heterocycles. The number of alkyl halides is 2. The van der Waals surface area contributed by atoms with Crippen molar-refractivity contribution in [1.82, 2.24) is 20.4 Å². The molecule has 0 aliphatic carbocycles. The van der Waals surface area contributed by atoms with Crippen LogP contribution in [0.2, 0.25) is 0 Å². The zero-order chi connectivity index (χ0) is 17.7. The Bertz CT molecular complexity index is 494. The molecule has 144 valence electrons. The number of likely N-dealkylation sites (N-methyl/N-ethyl adjacent to an activating group) is 1. The molecule has 0 radical (unpaired) electrons. The number of hydrogen-bond donors (Lipinski definition) is 2. The zero-order valence-electron chi connectivity index (χ0n) is 15.8. The molecule has 0 amide bonds. The highest BCUT2D eigenvalue weighted by Gasteiger charge is 2.58. The molecule has 4 fully saturated rings. The van der Waals surface area contributed by atoms with E-state index in [-0.39, 0.29) is 6.42 Å². The Morgan fingerprint density at radius 2 is 1.96 bits per heavy atom. The first-order chi connectivity index (χ1) is 11.8. The monoisotopic (exact) mass is 356 g/mol. The summed E-state index contributed by atoms with van der Waals surface area (Å²) in [5.74, 6) is -2.52. The quantitative estimate of drug-likeness (QED) is 0.809. The van der Waals surface area contributed by atoms with Crippen LogP contribution in [0.15, 0.2) is 0 Å². The summed E-state index contributed by atoms with van der Waals surface area (Å²) in [7, 11) is 2.21. The molecule has 4 saturated heterocycles. The Morgan fingerprint density at radius 1 is 1.16 bits per heavy atom. The van der Waals surface area contributed by atoms with E-state index in [0.29, 0.717) is 43.7 Å². The molecule has 4 heterocycles. The SMILES string of the molecule is CC(CC1CC2(CCCN(C)C2)N1)N1CCC2(CNCCC2(F)F)C1. The van der Waals surface area contributed by atoms with Gasteiger partial charge in [-0.25, -0.2) is 8.78 Å². The lowest BCUT2D eigenvalue weighted by atomic mass is 9.74. The van der Waals surface area contributed by atoms with Crippen molar-refractivity contribution >= 4 is 0 Å². The molecule has 2 N–H and O–H groups in total. The van der Waals surface area contributed by atoms with Crippen molar-refractivity contribution in [1.29, 1.82) is 0 Å². The van der Waals surface area contributed by atoms with E-state index < -0.39 is 11.3 Å². The van der Waals surface area contributed by atoms with Gasteiger partial charge in [-0.15, -0.1) is 0 Å². The molecule has 4 rings (SSSR count). The summed E-state index contributed by atoms with van der Waals surface area (Å²) >= 11 is 0. The number of likely N-dealkylation sites (tertiary alicyclic amines) is 2.